The molecule has 150 valence electrons. The van der Waals surface area contributed by atoms with E-state index in [-0.39, 0.29) is 34.6 Å². The van der Waals surface area contributed by atoms with E-state index in [1.807, 2.05) is 0 Å². The highest BCUT2D eigenvalue weighted by Crippen LogP contribution is 2.30. The lowest BCUT2D eigenvalue weighted by Gasteiger charge is -2.16. The Kier molecular flexibility index (Phi) is 6.02. The van der Waals surface area contributed by atoms with Gasteiger partial charge in [-0.05, 0) is 40.5 Å². The number of aromatic nitrogens is 3. The van der Waals surface area contributed by atoms with Crippen LogP contribution < -0.4 is 16.0 Å². The summed E-state index contributed by atoms with van der Waals surface area (Å²) in [7, 11) is 0. The largest absolute Gasteiger partial charge is 0.487 e. The third-order valence-corrected chi connectivity index (χ3v) is 4.84. The molecular formula is C19H15BrF2N4O3. The van der Waals surface area contributed by atoms with E-state index >= 15 is 0 Å². The van der Waals surface area contributed by atoms with Crippen molar-refractivity contribution >= 4 is 21.8 Å². The van der Waals surface area contributed by atoms with E-state index in [4.69, 9.17) is 10.5 Å². The molecule has 0 fully saturated rings. The van der Waals surface area contributed by atoms with Crippen LogP contribution in [-0.4, -0.2) is 20.9 Å². The molecule has 2 heterocycles. The first-order chi connectivity index (χ1) is 13.8. The molecule has 0 aliphatic heterocycles. The summed E-state index contributed by atoms with van der Waals surface area (Å²) in [5, 5.41) is 0. The van der Waals surface area contributed by atoms with Gasteiger partial charge in [-0.15, -0.1) is 0 Å². The Morgan fingerprint density at radius 2 is 1.97 bits per heavy atom. The maximum Gasteiger partial charge on any atom is 0.286 e. The van der Waals surface area contributed by atoms with Crippen molar-refractivity contribution in [3.8, 4) is 5.75 Å². The summed E-state index contributed by atoms with van der Waals surface area (Å²) in [6.45, 7) is 1.48. The number of amides is 1. The molecule has 3 aromatic rings. The first-order valence-electron chi connectivity index (χ1n) is 8.35. The number of hydrogen-bond acceptors (Lipinski definition) is 5. The summed E-state index contributed by atoms with van der Waals surface area (Å²) in [4.78, 5) is 33.7. The van der Waals surface area contributed by atoms with Crippen molar-refractivity contribution in [1.82, 2.24) is 15.0 Å². The average molecular weight is 465 g/mol. The first-order valence-corrected chi connectivity index (χ1v) is 9.14. The molecule has 0 saturated heterocycles. The first kappa shape index (κ1) is 20.6. The van der Waals surface area contributed by atoms with Crippen LogP contribution in [0.4, 0.5) is 8.78 Å². The van der Waals surface area contributed by atoms with Crippen LogP contribution >= 0.6 is 15.9 Å². The molecule has 0 aliphatic rings. The Labute approximate surface area is 172 Å². The van der Waals surface area contributed by atoms with E-state index in [0.29, 0.717) is 16.8 Å². The van der Waals surface area contributed by atoms with Crippen molar-refractivity contribution < 1.29 is 18.3 Å². The Hall–Kier alpha value is -3.14. The lowest BCUT2D eigenvalue weighted by atomic mass is 10.1. The molecule has 0 atom stereocenters. The van der Waals surface area contributed by atoms with E-state index in [9.17, 15) is 18.4 Å². The number of pyridine rings is 1. The molecule has 1 aromatic carbocycles. The van der Waals surface area contributed by atoms with Crippen LogP contribution in [0, 0.1) is 18.6 Å². The number of primary amides is 1. The highest BCUT2D eigenvalue weighted by Gasteiger charge is 2.18. The van der Waals surface area contributed by atoms with Gasteiger partial charge in [-0.1, -0.05) is 0 Å². The Morgan fingerprint density at radius 1 is 1.28 bits per heavy atom. The smallest absolute Gasteiger partial charge is 0.286 e. The average Bonchev–Trinajstić information content (AvgIpc) is 2.67. The molecule has 3 N–H and O–H groups in total. The maximum absolute atomic E-state index is 13.9. The Morgan fingerprint density at radius 3 is 2.59 bits per heavy atom. The van der Waals surface area contributed by atoms with Crippen LogP contribution in [0.1, 0.15) is 33.0 Å². The molecule has 0 spiro atoms. The Balaban J connectivity index is 1.93. The summed E-state index contributed by atoms with van der Waals surface area (Å²) >= 11 is 3.20. The number of H-pyrrole nitrogens is 1. The zero-order chi connectivity index (χ0) is 21.1. The fourth-order valence-electron chi connectivity index (χ4n) is 2.64. The van der Waals surface area contributed by atoms with Crippen LogP contribution in [0.15, 0.2) is 39.9 Å². The van der Waals surface area contributed by atoms with Gasteiger partial charge < -0.3 is 15.5 Å². The van der Waals surface area contributed by atoms with E-state index < -0.39 is 23.1 Å². The third kappa shape index (κ3) is 4.65. The minimum atomic E-state index is -0.750. The van der Waals surface area contributed by atoms with Crippen LogP contribution in [0.25, 0.3) is 0 Å². The second kappa shape index (κ2) is 8.48. The topological polar surface area (TPSA) is 111 Å². The van der Waals surface area contributed by atoms with Gasteiger partial charge in [0.2, 0.25) is 5.82 Å². The quantitative estimate of drug-likeness (QED) is 0.582. The summed E-state index contributed by atoms with van der Waals surface area (Å²) in [5.74, 6) is -2.09. The Bertz CT molecular complexity index is 1130. The molecule has 29 heavy (non-hydrogen) atoms. The number of nitrogens with one attached hydrogen (secondary N) is 1. The van der Waals surface area contributed by atoms with Crippen LogP contribution in [-0.2, 0) is 13.0 Å². The van der Waals surface area contributed by atoms with Crippen molar-refractivity contribution in [3.05, 3.63) is 85.3 Å². The second-order valence-corrected chi connectivity index (χ2v) is 6.97. The van der Waals surface area contributed by atoms with Gasteiger partial charge in [0.05, 0.1) is 0 Å². The van der Waals surface area contributed by atoms with Gasteiger partial charge in [-0.3, -0.25) is 9.59 Å². The maximum atomic E-state index is 13.9. The summed E-state index contributed by atoms with van der Waals surface area (Å²) in [5.41, 5.74) is 6.63. The van der Waals surface area contributed by atoms with E-state index in [2.05, 4.69) is 30.9 Å². The SMILES string of the molecule is Cc1[nH]c(=O)c(Br)c(OCc2ccc(F)cc2F)c1Cc1cnc(C(N)=O)nc1. The van der Waals surface area contributed by atoms with Gasteiger partial charge in [0.1, 0.15) is 28.5 Å². The number of benzene rings is 1. The number of nitrogens with zero attached hydrogens (tertiary/aromatic N) is 2. The lowest BCUT2D eigenvalue weighted by molar-refractivity contribution is 0.0990. The zero-order valence-electron chi connectivity index (χ0n) is 15.1. The molecule has 0 bridgehead atoms. The zero-order valence-corrected chi connectivity index (χ0v) is 16.7. The lowest BCUT2D eigenvalue weighted by Crippen LogP contribution is -2.16. The standard InChI is InChI=1S/C19H15BrF2N4O3/c1-9-13(4-10-6-24-18(17(23)27)25-7-10)16(15(20)19(28)26-9)29-8-11-2-3-12(21)5-14(11)22/h2-3,5-7H,4,8H2,1H3,(H2,23,27)(H,26,28). The molecule has 0 aliphatic carbocycles. The molecular weight excluding hydrogens is 450 g/mol. The van der Waals surface area contributed by atoms with Gasteiger partial charge >= 0.3 is 0 Å². The van der Waals surface area contributed by atoms with Crippen molar-refractivity contribution in [2.75, 3.05) is 0 Å². The molecule has 10 heteroatoms. The van der Waals surface area contributed by atoms with Gasteiger partial charge in [-0.25, -0.2) is 18.7 Å². The fourth-order valence-corrected chi connectivity index (χ4v) is 3.09. The minimum Gasteiger partial charge on any atom is -0.487 e. The number of nitrogens with two attached hydrogens (primary N) is 1. The second-order valence-electron chi connectivity index (χ2n) is 6.18. The van der Waals surface area contributed by atoms with E-state index in [1.165, 1.54) is 18.5 Å². The van der Waals surface area contributed by atoms with Gasteiger partial charge in [0.25, 0.3) is 11.5 Å². The predicted molar refractivity (Wildman–Crippen MR) is 104 cm³/mol. The van der Waals surface area contributed by atoms with Crippen molar-refractivity contribution in [1.29, 1.82) is 0 Å². The van der Waals surface area contributed by atoms with Crippen molar-refractivity contribution in [2.45, 2.75) is 20.0 Å². The number of rotatable bonds is 6. The number of aryl methyl sites for hydroxylation is 1. The molecule has 0 radical (unpaired) electrons. The van der Waals surface area contributed by atoms with Crippen molar-refractivity contribution in [2.24, 2.45) is 5.73 Å². The van der Waals surface area contributed by atoms with E-state index in [0.717, 1.165) is 12.1 Å². The number of aromatic amines is 1. The molecule has 0 unspecified atom stereocenters. The van der Waals surface area contributed by atoms with Gasteiger partial charge in [0.15, 0.2) is 0 Å². The summed E-state index contributed by atoms with van der Waals surface area (Å²) < 4.78 is 32.9. The van der Waals surface area contributed by atoms with Crippen LogP contribution in [0.2, 0.25) is 0 Å². The number of hydrogen-bond donors (Lipinski definition) is 2. The normalized spacial score (nSPS) is 10.8. The fraction of sp³-hybridized carbons (Fsp3) is 0.158. The number of halogens is 3. The summed E-state index contributed by atoms with van der Waals surface area (Å²) in [6.07, 6.45) is 3.14. The highest BCUT2D eigenvalue weighted by atomic mass is 79.9. The van der Waals surface area contributed by atoms with Crippen LogP contribution in [0.5, 0.6) is 5.75 Å². The van der Waals surface area contributed by atoms with Crippen LogP contribution in [0.3, 0.4) is 0 Å². The third-order valence-electron chi connectivity index (χ3n) is 4.12. The molecule has 3 rings (SSSR count). The molecule has 1 amide bonds. The molecule has 7 nitrogen and oxygen atoms in total. The molecule has 2 aromatic heterocycles. The molecule has 0 saturated carbocycles. The highest BCUT2D eigenvalue weighted by molar-refractivity contribution is 9.10. The van der Waals surface area contributed by atoms with Crippen molar-refractivity contribution in [3.63, 3.8) is 0 Å². The van der Waals surface area contributed by atoms with Gasteiger partial charge in [-0.2, -0.15) is 0 Å². The van der Waals surface area contributed by atoms with Gasteiger partial charge in [0, 0.05) is 41.7 Å². The summed E-state index contributed by atoms with van der Waals surface area (Å²) in [6, 6.07) is 3.16. The predicted octanol–water partition coefficient (Wildman–Crippen LogP) is 2.78. The minimum absolute atomic E-state index is 0.114. The van der Waals surface area contributed by atoms with E-state index in [1.54, 1.807) is 6.92 Å². The monoisotopic (exact) mass is 464 g/mol. The number of carbonyl (C=O) groups excluding carboxylic acids is 1. The number of carbonyl (C=O) groups is 1. The number of ether oxygens (including phenoxy) is 1.